The van der Waals surface area contributed by atoms with Crippen molar-refractivity contribution in [2.45, 2.75) is 25.3 Å². The Morgan fingerprint density at radius 3 is 2.58 bits per heavy atom. The Bertz CT molecular complexity index is 360. The van der Waals surface area contributed by atoms with E-state index in [-0.39, 0.29) is 18.2 Å². The highest BCUT2D eigenvalue weighted by molar-refractivity contribution is 5.87. The number of urea groups is 1. The van der Waals surface area contributed by atoms with Crippen LogP contribution in [0.4, 0.5) is 4.79 Å². The molecular weight excluding hydrogens is 250 g/mol. The molecule has 0 radical (unpaired) electrons. The number of nitrogens with two attached hydrogens (primary N) is 3. The van der Waals surface area contributed by atoms with E-state index in [1.165, 1.54) is 0 Å². The second-order valence-corrected chi connectivity index (χ2v) is 4.81. The highest BCUT2D eigenvalue weighted by atomic mass is 16.2. The van der Waals surface area contributed by atoms with E-state index in [0.717, 1.165) is 12.8 Å². The normalized spacial score (nSPS) is 20.7. The Labute approximate surface area is 111 Å². The van der Waals surface area contributed by atoms with Gasteiger partial charge in [-0.1, -0.05) is 0 Å². The number of nitrogens with zero attached hydrogens (tertiary/aromatic N) is 1. The predicted molar refractivity (Wildman–Crippen MR) is 68.7 cm³/mol. The highest BCUT2D eigenvalue weighted by Crippen LogP contribution is 2.16. The van der Waals surface area contributed by atoms with E-state index in [1.54, 1.807) is 4.90 Å². The molecule has 8 nitrogen and oxygen atoms in total. The predicted octanol–water partition coefficient (Wildman–Crippen LogP) is -1.90. The van der Waals surface area contributed by atoms with Gasteiger partial charge in [-0.05, 0) is 18.8 Å². The van der Waals surface area contributed by atoms with Crippen LogP contribution in [0, 0.1) is 5.92 Å². The van der Waals surface area contributed by atoms with E-state index in [2.05, 4.69) is 5.32 Å². The van der Waals surface area contributed by atoms with E-state index in [4.69, 9.17) is 17.2 Å². The van der Waals surface area contributed by atoms with Crippen LogP contribution in [0.25, 0.3) is 0 Å². The Kier molecular flexibility index (Phi) is 5.56. The summed E-state index contributed by atoms with van der Waals surface area (Å²) in [7, 11) is 0. The van der Waals surface area contributed by atoms with E-state index in [9.17, 15) is 14.4 Å². The standard InChI is InChI=1S/C11H21N5O3/c12-8(4-9(13)17)10(18)16-3-1-2-7(6-16)5-15-11(14)19/h7-8H,1-6,12H2,(H2,13,17)(H3,14,15,19). The molecule has 0 bridgehead atoms. The van der Waals surface area contributed by atoms with E-state index in [1.807, 2.05) is 0 Å². The first-order valence-electron chi connectivity index (χ1n) is 6.26. The lowest BCUT2D eigenvalue weighted by Crippen LogP contribution is -2.50. The molecule has 4 amide bonds. The summed E-state index contributed by atoms with van der Waals surface area (Å²) in [6.07, 6.45) is 1.59. The fourth-order valence-electron chi connectivity index (χ4n) is 2.22. The smallest absolute Gasteiger partial charge is 0.312 e. The minimum atomic E-state index is -0.889. The van der Waals surface area contributed by atoms with Crippen molar-refractivity contribution in [3.8, 4) is 0 Å². The van der Waals surface area contributed by atoms with Gasteiger partial charge in [-0.25, -0.2) is 4.79 Å². The molecule has 1 fully saturated rings. The zero-order valence-electron chi connectivity index (χ0n) is 10.8. The van der Waals surface area contributed by atoms with Crippen LogP contribution >= 0.6 is 0 Å². The number of likely N-dealkylation sites (tertiary alicyclic amines) is 1. The fourth-order valence-corrected chi connectivity index (χ4v) is 2.22. The summed E-state index contributed by atoms with van der Waals surface area (Å²) in [4.78, 5) is 35.0. The summed E-state index contributed by atoms with van der Waals surface area (Å²) in [5.41, 5.74) is 15.7. The first kappa shape index (κ1) is 15.2. The molecular formula is C11H21N5O3. The van der Waals surface area contributed by atoms with Crippen molar-refractivity contribution >= 4 is 17.8 Å². The van der Waals surface area contributed by atoms with Crippen LogP contribution in [0.15, 0.2) is 0 Å². The summed E-state index contributed by atoms with van der Waals surface area (Å²) in [6, 6.07) is -1.46. The fraction of sp³-hybridized carbons (Fsp3) is 0.727. The molecule has 0 aromatic rings. The van der Waals surface area contributed by atoms with Crippen LogP contribution in [0.1, 0.15) is 19.3 Å². The Hall–Kier alpha value is -1.83. The van der Waals surface area contributed by atoms with Gasteiger partial charge in [0.2, 0.25) is 11.8 Å². The summed E-state index contributed by atoms with van der Waals surface area (Å²) in [5, 5.41) is 2.53. The SMILES string of the molecule is NC(=O)CC(N)C(=O)N1CCCC(CNC(N)=O)C1. The van der Waals surface area contributed by atoms with Crippen LogP contribution in [0.2, 0.25) is 0 Å². The van der Waals surface area contributed by atoms with Gasteiger partial charge in [-0.2, -0.15) is 0 Å². The number of rotatable bonds is 5. The molecule has 1 rings (SSSR count). The molecule has 7 N–H and O–H groups in total. The maximum absolute atomic E-state index is 12.0. The summed E-state index contributed by atoms with van der Waals surface area (Å²) in [5.74, 6) is -0.710. The highest BCUT2D eigenvalue weighted by Gasteiger charge is 2.27. The van der Waals surface area contributed by atoms with Crippen molar-refractivity contribution in [1.82, 2.24) is 10.2 Å². The molecule has 1 heterocycles. The Morgan fingerprint density at radius 1 is 1.32 bits per heavy atom. The zero-order valence-corrected chi connectivity index (χ0v) is 10.8. The van der Waals surface area contributed by atoms with Gasteiger partial charge >= 0.3 is 6.03 Å². The van der Waals surface area contributed by atoms with Crippen molar-refractivity contribution in [3.63, 3.8) is 0 Å². The number of hydrogen-bond acceptors (Lipinski definition) is 4. The number of primary amides is 2. The number of carbonyl (C=O) groups is 3. The molecule has 0 spiro atoms. The largest absolute Gasteiger partial charge is 0.370 e. The van der Waals surface area contributed by atoms with Crippen LogP contribution in [0.5, 0.6) is 0 Å². The van der Waals surface area contributed by atoms with Crippen molar-refractivity contribution in [2.75, 3.05) is 19.6 Å². The summed E-state index contributed by atoms with van der Waals surface area (Å²) < 4.78 is 0. The number of nitrogens with one attached hydrogen (secondary N) is 1. The lowest BCUT2D eigenvalue weighted by Gasteiger charge is -2.34. The molecule has 108 valence electrons. The van der Waals surface area contributed by atoms with Gasteiger partial charge in [-0.3, -0.25) is 9.59 Å². The van der Waals surface area contributed by atoms with Crippen molar-refractivity contribution < 1.29 is 14.4 Å². The van der Waals surface area contributed by atoms with Crippen LogP contribution < -0.4 is 22.5 Å². The molecule has 1 aliphatic heterocycles. The third-order valence-corrected chi connectivity index (χ3v) is 3.13. The maximum atomic E-state index is 12.0. The molecule has 0 aromatic heterocycles. The van der Waals surface area contributed by atoms with Crippen molar-refractivity contribution in [3.05, 3.63) is 0 Å². The average Bonchev–Trinajstić information content (AvgIpc) is 2.35. The molecule has 2 unspecified atom stereocenters. The van der Waals surface area contributed by atoms with Gasteiger partial charge in [0.05, 0.1) is 12.5 Å². The van der Waals surface area contributed by atoms with E-state index >= 15 is 0 Å². The van der Waals surface area contributed by atoms with Crippen LogP contribution in [0.3, 0.4) is 0 Å². The first-order chi connectivity index (χ1) is 8.90. The molecule has 0 aliphatic carbocycles. The van der Waals surface area contributed by atoms with Gasteiger partial charge in [0.15, 0.2) is 0 Å². The van der Waals surface area contributed by atoms with Gasteiger partial charge in [0.25, 0.3) is 0 Å². The molecule has 0 saturated carbocycles. The van der Waals surface area contributed by atoms with Crippen LogP contribution in [-0.2, 0) is 9.59 Å². The van der Waals surface area contributed by atoms with Gasteiger partial charge in [-0.15, -0.1) is 0 Å². The lowest BCUT2D eigenvalue weighted by molar-refractivity contribution is -0.136. The molecule has 2 atom stereocenters. The van der Waals surface area contributed by atoms with Crippen LogP contribution in [-0.4, -0.2) is 48.4 Å². The van der Waals surface area contributed by atoms with E-state index < -0.39 is 18.0 Å². The van der Waals surface area contributed by atoms with Crippen molar-refractivity contribution in [2.24, 2.45) is 23.1 Å². The van der Waals surface area contributed by atoms with Gasteiger partial charge in [0, 0.05) is 19.6 Å². The topological polar surface area (TPSA) is 145 Å². The number of hydrogen-bond donors (Lipinski definition) is 4. The maximum Gasteiger partial charge on any atom is 0.312 e. The third-order valence-electron chi connectivity index (χ3n) is 3.13. The average molecular weight is 271 g/mol. The molecule has 19 heavy (non-hydrogen) atoms. The monoisotopic (exact) mass is 271 g/mol. The Morgan fingerprint density at radius 2 is 2.00 bits per heavy atom. The van der Waals surface area contributed by atoms with E-state index in [0.29, 0.717) is 19.6 Å². The quantitative estimate of drug-likeness (QED) is 0.462. The minimum Gasteiger partial charge on any atom is -0.370 e. The number of carbonyl (C=O) groups excluding carboxylic acids is 3. The number of piperidine rings is 1. The third kappa shape index (κ3) is 5.12. The summed E-state index contributed by atoms with van der Waals surface area (Å²) in [6.45, 7) is 1.55. The minimum absolute atomic E-state index is 0.153. The van der Waals surface area contributed by atoms with Gasteiger partial charge < -0.3 is 27.4 Å². The molecule has 1 saturated heterocycles. The first-order valence-corrected chi connectivity index (χ1v) is 6.26. The zero-order chi connectivity index (χ0) is 14.4. The Balaban J connectivity index is 2.47. The molecule has 1 aliphatic rings. The molecule has 0 aromatic carbocycles. The second kappa shape index (κ2) is 6.93. The van der Waals surface area contributed by atoms with Gasteiger partial charge in [0.1, 0.15) is 0 Å². The molecule has 8 heteroatoms. The summed E-state index contributed by atoms with van der Waals surface area (Å²) >= 11 is 0. The number of amides is 4. The second-order valence-electron chi connectivity index (χ2n) is 4.81. The van der Waals surface area contributed by atoms with Crippen molar-refractivity contribution in [1.29, 1.82) is 0 Å². The lowest BCUT2D eigenvalue weighted by atomic mass is 9.97.